The van der Waals surface area contributed by atoms with E-state index in [2.05, 4.69) is 66.2 Å². The van der Waals surface area contributed by atoms with Gasteiger partial charge in [0.05, 0.1) is 29.8 Å². The van der Waals surface area contributed by atoms with Crippen LogP contribution in [-0.4, -0.2) is 22.7 Å². The number of nitriles is 1. The number of carbonyl (C=O) groups excluding carboxylic acids is 1. The molecule has 0 spiro atoms. The zero-order valence-electron chi connectivity index (χ0n) is 21.8. The summed E-state index contributed by atoms with van der Waals surface area (Å²) in [4.78, 5) is 12.9. The van der Waals surface area contributed by atoms with Gasteiger partial charge in [0, 0.05) is 22.5 Å². The van der Waals surface area contributed by atoms with E-state index in [9.17, 15) is 10.1 Å². The summed E-state index contributed by atoms with van der Waals surface area (Å²) in [6.45, 7) is 4.15. The largest absolute Gasteiger partial charge is 0.497 e. The van der Waals surface area contributed by atoms with E-state index in [4.69, 9.17) is 9.84 Å². The summed E-state index contributed by atoms with van der Waals surface area (Å²) >= 11 is 0. The van der Waals surface area contributed by atoms with Gasteiger partial charge in [-0.25, -0.2) is 4.68 Å². The number of Topliss-reactive ketones (excluding diaryl/α,β-unsaturated/α-hetero) is 1. The van der Waals surface area contributed by atoms with Crippen LogP contribution in [0.1, 0.15) is 31.5 Å². The highest BCUT2D eigenvalue weighted by molar-refractivity contribution is 6.02. The number of allylic oxidation sites excluding steroid dienone is 2. The fraction of sp³-hybridized carbons (Fsp3) is 0.242. The van der Waals surface area contributed by atoms with Crippen LogP contribution in [0.3, 0.4) is 0 Å². The third kappa shape index (κ3) is 3.68. The molecule has 0 N–H and O–H groups in total. The van der Waals surface area contributed by atoms with Crippen LogP contribution in [0.25, 0.3) is 28.1 Å². The Morgan fingerprint density at radius 3 is 2.26 bits per heavy atom. The standard InChI is InChI=1S/C33H29N3O2/c1-21-29-18-17-28-30(24-7-5-4-6-8-24)35-36(32(28)33(29,2)19-25(20-34)31(21)37)26-13-9-22(10-14-26)23-11-15-27(38-3)16-12-23/h4-16,19,21,29H,17-18H2,1-3H3/t21-,29-,33-/m1/s1. The maximum atomic E-state index is 12.9. The monoisotopic (exact) mass is 499 g/mol. The number of carbonyl (C=O) groups is 1. The van der Waals surface area contributed by atoms with E-state index >= 15 is 0 Å². The molecule has 0 amide bonds. The normalized spacial score (nSPS) is 22.2. The summed E-state index contributed by atoms with van der Waals surface area (Å²) in [5.74, 6) is 0.678. The van der Waals surface area contributed by atoms with Gasteiger partial charge < -0.3 is 4.74 Å². The molecule has 2 aliphatic carbocycles. The van der Waals surface area contributed by atoms with Crippen LogP contribution in [0.15, 0.2) is 90.5 Å². The number of aromatic nitrogens is 2. The molecule has 3 atom stereocenters. The van der Waals surface area contributed by atoms with Gasteiger partial charge in [-0.15, -0.1) is 0 Å². The molecule has 38 heavy (non-hydrogen) atoms. The average molecular weight is 500 g/mol. The van der Waals surface area contributed by atoms with Crippen molar-refractivity contribution in [2.45, 2.75) is 32.1 Å². The van der Waals surface area contributed by atoms with Crippen molar-refractivity contribution in [3.05, 3.63) is 102 Å². The number of ether oxygens (including phenoxy) is 1. The predicted molar refractivity (Wildman–Crippen MR) is 148 cm³/mol. The second-order valence-corrected chi connectivity index (χ2v) is 10.5. The Balaban J connectivity index is 1.53. The lowest BCUT2D eigenvalue weighted by atomic mass is 9.57. The van der Waals surface area contributed by atoms with Crippen molar-refractivity contribution in [2.75, 3.05) is 7.11 Å². The molecular weight excluding hydrogens is 470 g/mol. The minimum atomic E-state index is -0.485. The third-order valence-electron chi connectivity index (χ3n) is 8.40. The number of fused-ring (bicyclic) bond motifs is 3. The number of methoxy groups -OCH3 is 1. The predicted octanol–water partition coefficient (Wildman–Crippen LogP) is 6.70. The maximum Gasteiger partial charge on any atom is 0.176 e. The molecule has 2 aliphatic rings. The van der Waals surface area contributed by atoms with E-state index < -0.39 is 5.41 Å². The number of ketones is 1. The van der Waals surface area contributed by atoms with Crippen LogP contribution < -0.4 is 4.74 Å². The lowest BCUT2D eigenvalue weighted by molar-refractivity contribution is -0.121. The molecule has 0 bridgehead atoms. The van der Waals surface area contributed by atoms with Gasteiger partial charge >= 0.3 is 0 Å². The first-order valence-corrected chi connectivity index (χ1v) is 13.0. The number of hydrogen-bond acceptors (Lipinski definition) is 4. The number of hydrogen-bond donors (Lipinski definition) is 0. The average Bonchev–Trinajstić information content (AvgIpc) is 3.37. The van der Waals surface area contributed by atoms with Gasteiger partial charge in [-0.3, -0.25) is 4.79 Å². The molecule has 0 radical (unpaired) electrons. The van der Waals surface area contributed by atoms with E-state index in [0.29, 0.717) is 0 Å². The van der Waals surface area contributed by atoms with E-state index in [1.54, 1.807) is 7.11 Å². The van der Waals surface area contributed by atoms with Crippen molar-refractivity contribution in [2.24, 2.45) is 11.8 Å². The molecule has 1 heterocycles. The highest BCUT2D eigenvalue weighted by atomic mass is 16.5. The summed E-state index contributed by atoms with van der Waals surface area (Å²) in [5, 5.41) is 15.0. The van der Waals surface area contributed by atoms with Gasteiger partial charge in [-0.2, -0.15) is 10.4 Å². The number of nitrogens with zero attached hydrogens (tertiary/aromatic N) is 3. The molecule has 0 aliphatic heterocycles. The zero-order valence-corrected chi connectivity index (χ0v) is 21.8. The third-order valence-corrected chi connectivity index (χ3v) is 8.40. The highest BCUT2D eigenvalue weighted by Crippen LogP contribution is 2.52. The van der Waals surface area contributed by atoms with E-state index in [0.717, 1.165) is 52.4 Å². The lowest BCUT2D eigenvalue weighted by Crippen LogP contribution is -2.46. The van der Waals surface area contributed by atoms with Crippen molar-refractivity contribution in [3.8, 4) is 39.9 Å². The van der Waals surface area contributed by atoms with Crippen molar-refractivity contribution < 1.29 is 9.53 Å². The second kappa shape index (κ2) is 9.15. The van der Waals surface area contributed by atoms with Crippen LogP contribution in [0.5, 0.6) is 5.75 Å². The molecule has 4 aromatic rings. The summed E-state index contributed by atoms with van der Waals surface area (Å²) < 4.78 is 7.35. The fourth-order valence-corrected chi connectivity index (χ4v) is 6.44. The Bertz CT molecular complexity index is 1590. The van der Waals surface area contributed by atoms with Crippen LogP contribution in [-0.2, 0) is 16.6 Å². The number of benzene rings is 3. The minimum Gasteiger partial charge on any atom is -0.497 e. The molecule has 188 valence electrons. The molecule has 0 saturated heterocycles. The number of rotatable bonds is 4. The SMILES string of the molecule is COc1ccc(-c2ccc(-n3nc(-c4ccccc4)c4c3[C@]3(C)C=C(C#N)C(=O)[C@H](C)[C@H]3CC4)cc2)cc1. The molecule has 5 nitrogen and oxygen atoms in total. The first-order valence-electron chi connectivity index (χ1n) is 13.0. The molecule has 0 unspecified atom stereocenters. The van der Waals surface area contributed by atoms with Crippen molar-refractivity contribution in [1.82, 2.24) is 9.78 Å². The quantitative estimate of drug-likeness (QED) is 0.313. The molecule has 3 aromatic carbocycles. The summed E-state index contributed by atoms with van der Waals surface area (Å²) in [5.41, 5.74) is 7.26. The van der Waals surface area contributed by atoms with Crippen LogP contribution >= 0.6 is 0 Å². The molecule has 5 heteroatoms. The Kier molecular flexibility index (Phi) is 5.76. The van der Waals surface area contributed by atoms with Gasteiger partial charge in [0.2, 0.25) is 0 Å². The van der Waals surface area contributed by atoms with Gasteiger partial charge in [-0.05, 0) is 54.2 Å². The lowest BCUT2D eigenvalue weighted by Gasteiger charge is -2.45. The van der Waals surface area contributed by atoms with Gasteiger partial charge in [0.25, 0.3) is 0 Å². The fourth-order valence-electron chi connectivity index (χ4n) is 6.44. The highest BCUT2D eigenvalue weighted by Gasteiger charge is 2.50. The van der Waals surface area contributed by atoms with Crippen LogP contribution in [0.2, 0.25) is 0 Å². The topological polar surface area (TPSA) is 67.9 Å². The molecule has 6 rings (SSSR count). The Morgan fingerprint density at radius 1 is 0.974 bits per heavy atom. The summed E-state index contributed by atoms with van der Waals surface area (Å²) in [6.07, 6.45) is 3.64. The maximum absolute atomic E-state index is 12.9. The van der Waals surface area contributed by atoms with Crippen molar-refractivity contribution in [1.29, 1.82) is 5.26 Å². The molecule has 0 fully saturated rings. The minimum absolute atomic E-state index is 0.0448. The summed E-state index contributed by atoms with van der Waals surface area (Å²) in [6, 6.07) is 28.9. The van der Waals surface area contributed by atoms with Gasteiger partial charge in [0.1, 0.15) is 11.8 Å². The Morgan fingerprint density at radius 2 is 1.63 bits per heavy atom. The Labute approximate surface area is 223 Å². The molecular formula is C33H29N3O2. The smallest absolute Gasteiger partial charge is 0.176 e. The van der Waals surface area contributed by atoms with Crippen molar-refractivity contribution in [3.63, 3.8) is 0 Å². The van der Waals surface area contributed by atoms with E-state index in [1.165, 1.54) is 5.56 Å². The molecule has 0 saturated carbocycles. The first kappa shape index (κ1) is 23.9. The first-order chi connectivity index (χ1) is 18.4. The van der Waals surface area contributed by atoms with E-state index in [1.807, 2.05) is 43.3 Å². The molecule has 1 aromatic heterocycles. The van der Waals surface area contributed by atoms with Crippen LogP contribution in [0.4, 0.5) is 0 Å². The Hall–Kier alpha value is -4.43. The van der Waals surface area contributed by atoms with Crippen LogP contribution in [0, 0.1) is 23.2 Å². The van der Waals surface area contributed by atoms with Gasteiger partial charge in [-0.1, -0.05) is 74.5 Å². The van der Waals surface area contributed by atoms with Crippen molar-refractivity contribution >= 4 is 5.78 Å². The van der Waals surface area contributed by atoms with E-state index in [-0.39, 0.29) is 23.2 Å². The second-order valence-electron chi connectivity index (χ2n) is 10.5. The van der Waals surface area contributed by atoms with Gasteiger partial charge in [0.15, 0.2) is 5.78 Å². The summed E-state index contributed by atoms with van der Waals surface area (Å²) in [7, 11) is 1.67. The zero-order chi connectivity index (χ0) is 26.4.